The van der Waals surface area contributed by atoms with Crippen LogP contribution in [0.15, 0.2) is 4.79 Å². The Morgan fingerprint density at radius 2 is 2.23 bits per heavy atom. The molecule has 0 aliphatic heterocycles. The molecular formula is C18H27N3O3S2. The van der Waals surface area contributed by atoms with Gasteiger partial charge in [-0.25, -0.2) is 4.98 Å². The number of amides is 1. The molecule has 0 aromatic carbocycles. The first-order chi connectivity index (χ1) is 12.5. The van der Waals surface area contributed by atoms with Crippen molar-refractivity contribution in [3.63, 3.8) is 0 Å². The zero-order valence-corrected chi connectivity index (χ0v) is 17.4. The van der Waals surface area contributed by atoms with Crippen LogP contribution in [0.4, 0.5) is 0 Å². The third-order valence-corrected chi connectivity index (χ3v) is 6.25. The standard InChI is InChI=1S/C18H27N3O3S2/c1-5-11(2)8-13-12(3)26-18-16(13)17(23)20-14(21-18)9-25-10-15(22)19-6-7-24-4/h11H,5-10H2,1-4H3,(H,19,22)(H,20,21,23)/t11-/m0/s1. The van der Waals surface area contributed by atoms with Crippen LogP contribution in [-0.4, -0.2) is 41.9 Å². The number of H-pyrrole nitrogens is 1. The van der Waals surface area contributed by atoms with Crippen LogP contribution < -0.4 is 10.9 Å². The largest absolute Gasteiger partial charge is 0.383 e. The smallest absolute Gasteiger partial charge is 0.259 e. The van der Waals surface area contributed by atoms with Crippen LogP contribution in [0, 0.1) is 12.8 Å². The lowest BCUT2D eigenvalue weighted by molar-refractivity contribution is -0.118. The number of aromatic amines is 1. The highest BCUT2D eigenvalue weighted by Gasteiger charge is 2.16. The van der Waals surface area contributed by atoms with Crippen LogP contribution >= 0.6 is 23.1 Å². The van der Waals surface area contributed by atoms with Gasteiger partial charge in [0, 0.05) is 18.5 Å². The zero-order valence-electron chi connectivity index (χ0n) is 15.8. The number of carbonyl (C=O) groups excluding carboxylic acids is 1. The Labute approximate surface area is 162 Å². The summed E-state index contributed by atoms with van der Waals surface area (Å²) >= 11 is 3.01. The number of rotatable bonds is 10. The van der Waals surface area contributed by atoms with E-state index in [1.54, 1.807) is 18.4 Å². The van der Waals surface area contributed by atoms with Crippen molar-refractivity contribution in [2.75, 3.05) is 26.0 Å². The molecule has 0 saturated carbocycles. The summed E-state index contributed by atoms with van der Waals surface area (Å²) in [4.78, 5) is 33.7. The highest BCUT2D eigenvalue weighted by Crippen LogP contribution is 2.29. The van der Waals surface area contributed by atoms with Crippen LogP contribution in [0.5, 0.6) is 0 Å². The zero-order chi connectivity index (χ0) is 19.1. The first-order valence-corrected chi connectivity index (χ1v) is 10.8. The second-order valence-corrected chi connectivity index (χ2v) is 8.57. The number of fused-ring (bicyclic) bond motifs is 1. The van der Waals surface area contributed by atoms with Crippen LogP contribution in [0.1, 0.15) is 36.5 Å². The number of nitrogens with one attached hydrogen (secondary N) is 2. The first kappa shape index (κ1) is 20.9. The molecule has 0 bridgehead atoms. The Kier molecular flexibility index (Phi) is 8.12. The number of hydrogen-bond donors (Lipinski definition) is 2. The van der Waals surface area contributed by atoms with Gasteiger partial charge in [0.15, 0.2) is 0 Å². The van der Waals surface area contributed by atoms with Crippen molar-refractivity contribution in [3.05, 3.63) is 26.6 Å². The summed E-state index contributed by atoms with van der Waals surface area (Å²) in [6.45, 7) is 7.43. The van der Waals surface area contributed by atoms with Gasteiger partial charge in [-0.3, -0.25) is 9.59 Å². The van der Waals surface area contributed by atoms with E-state index in [1.165, 1.54) is 16.6 Å². The van der Waals surface area contributed by atoms with Crippen LogP contribution in [0.3, 0.4) is 0 Å². The maximum Gasteiger partial charge on any atom is 0.259 e. The Hall–Kier alpha value is -1.38. The minimum absolute atomic E-state index is 0.0433. The highest BCUT2D eigenvalue weighted by atomic mass is 32.2. The number of carbonyl (C=O) groups is 1. The van der Waals surface area contributed by atoms with Crippen molar-refractivity contribution in [1.82, 2.24) is 15.3 Å². The van der Waals surface area contributed by atoms with Crippen molar-refractivity contribution in [3.8, 4) is 0 Å². The summed E-state index contributed by atoms with van der Waals surface area (Å²) in [5.41, 5.74) is 1.06. The summed E-state index contributed by atoms with van der Waals surface area (Å²) in [6, 6.07) is 0. The monoisotopic (exact) mass is 397 g/mol. The summed E-state index contributed by atoms with van der Waals surface area (Å²) in [5, 5.41) is 3.51. The van der Waals surface area contributed by atoms with Crippen molar-refractivity contribution in [2.24, 2.45) is 5.92 Å². The van der Waals surface area contributed by atoms with Gasteiger partial charge < -0.3 is 15.0 Å². The molecule has 2 aromatic heterocycles. The van der Waals surface area contributed by atoms with Gasteiger partial charge in [-0.15, -0.1) is 23.1 Å². The lowest BCUT2D eigenvalue weighted by Crippen LogP contribution is -2.28. The third kappa shape index (κ3) is 5.56. The van der Waals surface area contributed by atoms with Gasteiger partial charge in [-0.05, 0) is 24.8 Å². The fourth-order valence-electron chi connectivity index (χ4n) is 2.61. The second-order valence-electron chi connectivity index (χ2n) is 6.38. The topological polar surface area (TPSA) is 84.1 Å². The molecule has 8 heteroatoms. The molecule has 2 rings (SSSR count). The Morgan fingerprint density at radius 1 is 1.46 bits per heavy atom. The lowest BCUT2D eigenvalue weighted by atomic mass is 9.98. The number of methoxy groups -OCH3 is 1. The number of aryl methyl sites for hydroxylation is 1. The van der Waals surface area contributed by atoms with Gasteiger partial charge in [0.1, 0.15) is 10.7 Å². The predicted molar refractivity (Wildman–Crippen MR) is 109 cm³/mol. The van der Waals surface area contributed by atoms with Gasteiger partial charge in [-0.1, -0.05) is 20.3 Å². The molecule has 0 spiro atoms. The summed E-state index contributed by atoms with van der Waals surface area (Å²) in [7, 11) is 1.60. The van der Waals surface area contributed by atoms with Gasteiger partial charge >= 0.3 is 0 Å². The molecule has 2 aromatic rings. The van der Waals surface area contributed by atoms with Crippen molar-refractivity contribution in [1.29, 1.82) is 0 Å². The van der Waals surface area contributed by atoms with E-state index in [4.69, 9.17) is 4.74 Å². The molecule has 2 N–H and O–H groups in total. The lowest BCUT2D eigenvalue weighted by Gasteiger charge is -2.08. The van der Waals surface area contributed by atoms with E-state index in [0.29, 0.717) is 36.4 Å². The molecule has 26 heavy (non-hydrogen) atoms. The van der Waals surface area contributed by atoms with E-state index in [1.807, 2.05) is 0 Å². The number of aromatic nitrogens is 2. The third-order valence-electron chi connectivity index (χ3n) is 4.26. The molecule has 6 nitrogen and oxygen atoms in total. The quantitative estimate of drug-likeness (QED) is 0.602. The average Bonchev–Trinajstić information content (AvgIpc) is 2.91. The van der Waals surface area contributed by atoms with Gasteiger partial charge in [0.2, 0.25) is 5.91 Å². The average molecular weight is 398 g/mol. The molecule has 0 fully saturated rings. The predicted octanol–water partition coefficient (Wildman–Crippen LogP) is 2.88. The Morgan fingerprint density at radius 3 is 2.92 bits per heavy atom. The maximum atomic E-state index is 12.6. The fraction of sp³-hybridized carbons (Fsp3) is 0.611. The van der Waals surface area contributed by atoms with Crippen LogP contribution in [-0.2, 0) is 21.7 Å². The number of hydrogen-bond acceptors (Lipinski definition) is 6. The second kappa shape index (κ2) is 10.1. The molecule has 0 aliphatic carbocycles. The Balaban J connectivity index is 2.05. The van der Waals surface area contributed by atoms with E-state index < -0.39 is 0 Å². The summed E-state index contributed by atoms with van der Waals surface area (Å²) in [6.07, 6.45) is 1.99. The van der Waals surface area contributed by atoms with E-state index in [9.17, 15) is 9.59 Å². The molecule has 1 atom stereocenters. The van der Waals surface area contributed by atoms with E-state index in [2.05, 4.69) is 36.1 Å². The summed E-state index contributed by atoms with van der Waals surface area (Å²) < 4.78 is 4.89. The van der Waals surface area contributed by atoms with Crippen molar-refractivity contribution < 1.29 is 9.53 Å². The number of nitrogens with zero attached hydrogens (tertiary/aromatic N) is 1. The van der Waals surface area contributed by atoms with Crippen LogP contribution in [0.2, 0.25) is 0 Å². The first-order valence-electron chi connectivity index (χ1n) is 8.80. The number of thiophene rings is 1. The Bertz CT molecular complexity index is 801. The maximum absolute atomic E-state index is 12.6. The highest BCUT2D eigenvalue weighted by molar-refractivity contribution is 7.99. The molecule has 0 aliphatic rings. The molecule has 1 amide bonds. The van der Waals surface area contributed by atoms with E-state index in [-0.39, 0.29) is 11.5 Å². The van der Waals surface area contributed by atoms with E-state index >= 15 is 0 Å². The fourth-order valence-corrected chi connectivity index (χ4v) is 4.40. The van der Waals surface area contributed by atoms with Crippen molar-refractivity contribution in [2.45, 2.75) is 39.4 Å². The number of thioether (sulfide) groups is 1. The molecule has 2 heterocycles. The summed E-state index contributed by atoms with van der Waals surface area (Å²) in [5.74, 6) is 1.94. The van der Waals surface area contributed by atoms with Gasteiger partial charge in [0.25, 0.3) is 5.56 Å². The minimum atomic E-state index is -0.0715. The van der Waals surface area contributed by atoms with Crippen LogP contribution in [0.25, 0.3) is 10.2 Å². The molecule has 0 unspecified atom stereocenters. The van der Waals surface area contributed by atoms with Gasteiger partial charge in [-0.2, -0.15) is 0 Å². The number of ether oxygens (including phenoxy) is 1. The molecule has 0 saturated heterocycles. The van der Waals surface area contributed by atoms with Gasteiger partial charge in [0.05, 0.1) is 23.5 Å². The van der Waals surface area contributed by atoms with Crippen molar-refractivity contribution >= 4 is 39.2 Å². The van der Waals surface area contributed by atoms with E-state index in [0.717, 1.165) is 28.6 Å². The molecule has 0 radical (unpaired) electrons. The molecular weight excluding hydrogens is 370 g/mol. The molecule has 144 valence electrons. The SMILES string of the molecule is CC[C@H](C)Cc1c(C)sc2nc(CSCC(=O)NCCOC)[nH]c(=O)c12. The normalized spacial score (nSPS) is 12.5. The minimum Gasteiger partial charge on any atom is -0.383 e.